The predicted molar refractivity (Wildman–Crippen MR) is 124 cm³/mol. The number of aromatic nitrogens is 2. The van der Waals surface area contributed by atoms with Crippen molar-refractivity contribution in [2.24, 2.45) is 0 Å². The number of hydrogen-bond acceptors (Lipinski definition) is 4. The van der Waals surface area contributed by atoms with Crippen molar-refractivity contribution in [1.29, 1.82) is 0 Å². The minimum absolute atomic E-state index is 0.236. The summed E-state index contributed by atoms with van der Waals surface area (Å²) in [6, 6.07) is 12.6. The van der Waals surface area contributed by atoms with Gasteiger partial charge < -0.3 is 0 Å². The van der Waals surface area contributed by atoms with E-state index in [1.807, 2.05) is 35.5 Å². The highest BCUT2D eigenvalue weighted by Crippen LogP contribution is 2.37. The van der Waals surface area contributed by atoms with E-state index >= 15 is 0 Å². The summed E-state index contributed by atoms with van der Waals surface area (Å²) in [4.78, 5) is 13.8. The Bertz CT molecular complexity index is 1080. The monoisotopic (exact) mass is 480 g/mol. The van der Waals surface area contributed by atoms with Crippen LogP contribution in [0.1, 0.15) is 23.3 Å². The van der Waals surface area contributed by atoms with Gasteiger partial charge in [0.2, 0.25) is 0 Å². The van der Waals surface area contributed by atoms with Crippen LogP contribution in [-0.4, -0.2) is 40.0 Å². The first-order valence-corrected chi connectivity index (χ1v) is 11.8. The fourth-order valence-corrected chi connectivity index (χ4v) is 4.80. The molecule has 0 atom stereocenters. The third-order valence-electron chi connectivity index (χ3n) is 4.88. The molecule has 1 amide bonds. The molecule has 1 fully saturated rings. The van der Waals surface area contributed by atoms with Crippen molar-refractivity contribution >= 4 is 52.5 Å². The molecule has 1 aliphatic rings. The van der Waals surface area contributed by atoms with Crippen LogP contribution in [-0.2, 0) is 0 Å². The van der Waals surface area contributed by atoms with E-state index in [4.69, 9.17) is 34.8 Å². The van der Waals surface area contributed by atoms with Gasteiger partial charge in [0.1, 0.15) is 0 Å². The van der Waals surface area contributed by atoms with Crippen molar-refractivity contribution in [3.8, 4) is 16.9 Å². The SMILES string of the molecule is CSc1c(C(=O)NN2CCCC2)nn(-c2ccc(Cl)cc2Cl)c1-c1ccc(Cl)cc1. The standard InChI is InChI=1S/C21H19Cl3N4OS/c1-30-20-18(21(29)26-27-10-2-3-11-27)25-28(17-9-8-15(23)12-16(17)24)19(20)13-4-6-14(22)7-5-13/h4-9,12H,2-3,10-11H2,1H3,(H,26,29). The molecule has 1 aromatic heterocycles. The second-order valence-electron chi connectivity index (χ2n) is 6.88. The van der Waals surface area contributed by atoms with E-state index < -0.39 is 0 Å². The molecule has 9 heteroatoms. The first kappa shape index (κ1) is 21.5. The molecule has 1 N–H and O–H groups in total. The Balaban J connectivity index is 1.87. The molecule has 1 aliphatic heterocycles. The molecule has 0 radical (unpaired) electrons. The number of nitrogens with zero attached hydrogens (tertiary/aromatic N) is 3. The Morgan fingerprint density at radius 1 is 1.03 bits per heavy atom. The number of amides is 1. The number of carbonyl (C=O) groups excluding carboxylic acids is 1. The van der Waals surface area contributed by atoms with Gasteiger partial charge in [-0.3, -0.25) is 10.2 Å². The van der Waals surface area contributed by atoms with Crippen LogP contribution in [0.5, 0.6) is 0 Å². The Morgan fingerprint density at radius 2 is 1.70 bits per heavy atom. The molecule has 0 spiro atoms. The highest BCUT2D eigenvalue weighted by atomic mass is 35.5. The van der Waals surface area contributed by atoms with Crippen molar-refractivity contribution in [2.45, 2.75) is 17.7 Å². The second-order valence-corrected chi connectivity index (χ2v) is 8.98. The van der Waals surface area contributed by atoms with Crippen LogP contribution in [0.4, 0.5) is 0 Å². The van der Waals surface area contributed by atoms with Gasteiger partial charge in [0.25, 0.3) is 5.91 Å². The summed E-state index contributed by atoms with van der Waals surface area (Å²) in [7, 11) is 0. The van der Waals surface area contributed by atoms with E-state index in [1.54, 1.807) is 22.9 Å². The smallest absolute Gasteiger partial charge is 0.283 e. The largest absolute Gasteiger partial charge is 0.287 e. The summed E-state index contributed by atoms with van der Waals surface area (Å²) >= 11 is 20.1. The number of hydrogen-bond donors (Lipinski definition) is 1. The Labute approximate surface area is 194 Å². The highest BCUT2D eigenvalue weighted by molar-refractivity contribution is 7.98. The average Bonchev–Trinajstić information content (AvgIpc) is 3.36. The van der Waals surface area contributed by atoms with Crippen molar-refractivity contribution in [3.05, 3.63) is 63.2 Å². The summed E-state index contributed by atoms with van der Waals surface area (Å²) in [6.45, 7) is 1.68. The van der Waals surface area contributed by atoms with Gasteiger partial charge in [-0.15, -0.1) is 11.8 Å². The van der Waals surface area contributed by atoms with Crippen LogP contribution in [0.25, 0.3) is 16.9 Å². The molecule has 0 unspecified atom stereocenters. The summed E-state index contributed by atoms with van der Waals surface area (Å²) < 4.78 is 1.70. The first-order chi connectivity index (χ1) is 14.5. The Morgan fingerprint density at radius 3 is 2.33 bits per heavy atom. The predicted octanol–water partition coefficient (Wildman–Crippen LogP) is 5.96. The van der Waals surface area contributed by atoms with Crippen LogP contribution in [0, 0.1) is 0 Å². The van der Waals surface area contributed by atoms with E-state index in [9.17, 15) is 4.79 Å². The number of benzene rings is 2. The lowest BCUT2D eigenvalue weighted by Crippen LogP contribution is -2.40. The maximum Gasteiger partial charge on any atom is 0.287 e. The summed E-state index contributed by atoms with van der Waals surface area (Å²) in [5, 5.41) is 8.22. The number of halogens is 3. The fraction of sp³-hybridized carbons (Fsp3) is 0.238. The van der Waals surface area contributed by atoms with Crippen molar-refractivity contribution < 1.29 is 4.79 Å². The first-order valence-electron chi connectivity index (χ1n) is 9.42. The van der Waals surface area contributed by atoms with Crippen LogP contribution in [0.15, 0.2) is 47.4 Å². The molecule has 3 aromatic rings. The molecule has 0 saturated carbocycles. The Hall–Kier alpha value is -1.70. The van der Waals surface area contributed by atoms with Crippen molar-refractivity contribution in [3.63, 3.8) is 0 Å². The zero-order valence-electron chi connectivity index (χ0n) is 16.2. The molecule has 5 nitrogen and oxygen atoms in total. The van der Waals surface area contributed by atoms with Gasteiger partial charge in [-0.25, -0.2) is 9.69 Å². The molecule has 2 aromatic carbocycles. The number of rotatable bonds is 5. The van der Waals surface area contributed by atoms with E-state index in [-0.39, 0.29) is 5.91 Å². The van der Waals surface area contributed by atoms with Crippen LogP contribution >= 0.6 is 46.6 Å². The number of carbonyl (C=O) groups is 1. The second kappa shape index (κ2) is 9.20. The molecular formula is C21H19Cl3N4OS. The molecular weight excluding hydrogens is 463 g/mol. The maximum atomic E-state index is 13.1. The van der Waals surface area contributed by atoms with Crippen LogP contribution in [0.2, 0.25) is 15.1 Å². The zero-order valence-corrected chi connectivity index (χ0v) is 19.2. The summed E-state index contributed by atoms with van der Waals surface area (Å²) in [6.07, 6.45) is 4.07. The van der Waals surface area contributed by atoms with Crippen molar-refractivity contribution in [2.75, 3.05) is 19.3 Å². The summed E-state index contributed by atoms with van der Waals surface area (Å²) in [5.41, 5.74) is 5.62. The van der Waals surface area contributed by atoms with E-state index in [2.05, 4.69) is 10.5 Å². The molecule has 0 aliphatic carbocycles. The van der Waals surface area contributed by atoms with Gasteiger partial charge in [0.15, 0.2) is 5.69 Å². The van der Waals surface area contributed by atoms with Gasteiger partial charge in [0, 0.05) is 28.7 Å². The number of hydrazine groups is 1. The molecule has 4 rings (SSSR count). The highest BCUT2D eigenvalue weighted by Gasteiger charge is 2.27. The lowest BCUT2D eigenvalue weighted by atomic mass is 10.1. The van der Waals surface area contributed by atoms with Gasteiger partial charge >= 0.3 is 0 Å². The molecule has 30 heavy (non-hydrogen) atoms. The molecule has 156 valence electrons. The Kier molecular flexibility index (Phi) is 6.60. The summed E-state index contributed by atoms with van der Waals surface area (Å²) in [5.74, 6) is -0.236. The van der Waals surface area contributed by atoms with Gasteiger partial charge in [0.05, 0.1) is 21.3 Å². The van der Waals surface area contributed by atoms with Crippen LogP contribution in [0.3, 0.4) is 0 Å². The molecule has 1 saturated heterocycles. The lowest BCUT2D eigenvalue weighted by Gasteiger charge is -2.15. The minimum Gasteiger partial charge on any atom is -0.283 e. The zero-order chi connectivity index (χ0) is 21.3. The van der Waals surface area contributed by atoms with Crippen LogP contribution < -0.4 is 5.43 Å². The van der Waals surface area contributed by atoms with Gasteiger partial charge in [-0.05, 0) is 49.4 Å². The lowest BCUT2D eigenvalue weighted by molar-refractivity contribution is 0.0817. The minimum atomic E-state index is -0.236. The topological polar surface area (TPSA) is 50.2 Å². The average molecular weight is 482 g/mol. The number of thioether (sulfide) groups is 1. The fourth-order valence-electron chi connectivity index (χ4n) is 3.46. The maximum absolute atomic E-state index is 13.1. The quantitative estimate of drug-likeness (QED) is 0.457. The van der Waals surface area contributed by atoms with E-state index in [1.165, 1.54) is 11.8 Å². The van der Waals surface area contributed by atoms with Crippen molar-refractivity contribution in [1.82, 2.24) is 20.2 Å². The van der Waals surface area contributed by atoms with E-state index in [0.717, 1.165) is 42.1 Å². The van der Waals surface area contributed by atoms with Gasteiger partial charge in [-0.1, -0.05) is 46.9 Å². The third-order valence-corrected chi connectivity index (χ3v) is 6.47. The normalized spacial score (nSPS) is 14.3. The number of nitrogens with one attached hydrogen (secondary N) is 1. The third kappa shape index (κ3) is 4.34. The molecule has 0 bridgehead atoms. The van der Waals surface area contributed by atoms with E-state index in [0.29, 0.717) is 26.4 Å². The van der Waals surface area contributed by atoms with Gasteiger partial charge in [-0.2, -0.15) is 5.10 Å². The molecule has 2 heterocycles.